The molecule has 2 aliphatic rings. The third-order valence-electron chi connectivity index (χ3n) is 4.28. The van der Waals surface area contributed by atoms with Crippen molar-refractivity contribution >= 4 is 5.69 Å². The second-order valence-electron chi connectivity index (χ2n) is 5.46. The first-order valence-corrected chi connectivity index (χ1v) is 6.97. The second-order valence-corrected chi connectivity index (χ2v) is 5.46. The largest absolute Gasteiger partial charge is 0.399 e. The van der Waals surface area contributed by atoms with Gasteiger partial charge in [0, 0.05) is 11.7 Å². The molecule has 17 heavy (non-hydrogen) atoms. The highest BCUT2D eigenvalue weighted by atomic mass is 15.2. The summed E-state index contributed by atoms with van der Waals surface area (Å²) in [5.74, 6) is 0. The predicted octanol–water partition coefficient (Wildman–Crippen LogP) is 3.13. The van der Waals surface area contributed by atoms with Gasteiger partial charge in [-0.25, -0.2) is 0 Å². The van der Waals surface area contributed by atoms with Crippen LogP contribution < -0.4 is 5.73 Å². The summed E-state index contributed by atoms with van der Waals surface area (Å²) >= 11 is 0. The zero-order chi connectivity index (χ0) is 11.7. The second kappa shape index (κ2) is 4.69. The number of nitrogens with two attached hydrogens (primary N) is 1. The summed E-state index contributed by atoms with van der Waals surface area (Å²) in [6.07, 6.45) is 8.03. The molecule has 1 fully saturated rings. The van der Waals surface area contributed by atoms with E-state index in [0.29, 0.717) is 6.04 Å². The van der Waals surface area contributed by atoms with E-state index < -0.39 is 0 Å². The van der Waals surface area contributed by atoms with E-state index in [4.69, 9.17) is 5.73 Å². The van der Waals surface area contributed by atoms with Crippen LogP contribution in [0.25, 0.3) is 0 Å². The number of hydrogen-bond acceptors (Lipinski definition) is 2. The van der Waals surface area contributed by atoms with Gasteiger partial charge in [-0.3, -0.25) is 4.90 Å². The number of anilines is 1. The smallest absolute Gasteiger partial charge is 0.0351 e. The van der Waals surface area contributed by atoms with Crippen LogP contribution in [-0.4, -0.2) is 18.0 Å². The molecule has 1 aliphatic heterocycles. The van der Waals surface area contributed by atoms with Crippen LogP contribution in [0.15, 0.2) is 18.2 Å². The minimum absolute atomic E-state index is 0.641. The number of fused-ring (bicyclic) bond motifs is 1. The standard InChI is InChI=1S/C15H22N2/c16-13-8-7-12-5-4-6-15(14(12)11-13)17-9-2-1-3-10-17/h7-8,11,15H,1-6,9-10,16H2. The fraction of sp³-hybridized carbons (Fsp3) is 0.600. The van der Waals surface area contributed by atoms with Crippen LogP contribution in [0, 0.1) is 0 Å². The van der Waals surface area contributed by atoms with Crippen molar-refractivity contribution in [3.8, 4) is 0 Å². The van der Waals surface area contributed by atoms with E-state index in [9.17, 15) is 0 Å². The van der Waals surface area contributed by atoms with Crippen molar-refractivity contribution in [2.75, 3.05) is 18.8 Å². The lowest BCUT2D eigenvalue weighted by molar-refractivity contribution is 0.148. The fourth-order valence-electron chi connectivity index (χ4n) is 3.40. The van der Waals surface area contributed by atoms with Crippen molar-refractivity contribution in [1.82, 2.24) is 4.90 Å². The molecule has 0 saturated carbocycles. The summed E-state index contributed by atoms with van der Waals surface area (Å²) in [4.78, 5) is 2.68. The zero-order valence-electron chi connectivity index (χ0n) is 10.5. The molecule has 0 aromatic heterocycles. The van der Waals surface area contributed by atoms with Crippen LogP contribution in [0.2, 0.25) is 0 Å². The minimum Gasteiger partial charge on any atom is -0.399 e. The third kappa shape index (κ3) is 2.19. The molecule has 1 atom stereocenters. The van der Waals surface area contributed by atoms with Gasteiger partial charge in [0.2, 0.25) is 0 Å². The Balaban J connectivity index is 1.89. The number of nitrogens with zero attached hydrogens (tertiary/aromatic N) is 1. The van der Waals surface area contributed by atoms with Gasteiger partial charge >= 0.3 is 0 Å². The van der Waals surface area contributed by atoms with Crippen molar-refractivity contribution in [3.63, 3.8) is 0 Å². The maximum Gasteiger partial charge on any atom is 0.0351 e. The quantitative estimate of drug-likeness (QED) is 0.751. The molecule has 0 bridgehead atoms. The maximum atomic E-state index is 5.96. The van der Waals surface area contributed by atoms with Gasteiger partial charge in [-0.05, 0) is 68.5 Å². The van der Waals surface area contributed by atoms with Crippen LogP contribution in [0.1, 0.15) is 49.3 Å². The number of hydrogen-bond donors (Lipinski definition) is 1. The molecule has 2 N–H and O–H groups in total. The molecule has 1 unspecified atom stereocenters. The van der Waals surface area contributed by atoms with E-state index in [-0.39, 0.29) is 0 Å². The van der Waals surface area contributed by atoms with Gasteiger partial charge in [0.15, 0.2) is 0 Å². The molecule has 1 aromatic rings. The molecule has 1 aromatic carbocycles. The lowest BCUT2D eigenvalue weighted by atomic mass is 9.85. The highest BCUT2D eigenvalue weighted by Gasteiger charge is 2.26. The number of rotatable bonds is 1. The molecule has 0 radical (unpaired) electrons. The molecular formula is C15H22N2. The zero-order valence-corrected chi connectivity index (χ0v) is 10.5. The van der Waals surface area contributed by atoms with Crippen LogP contribution in [0.3, 0.4) is 0 Å². The Morgan fingerprint density at radius 3 is 2.71 bits per heavy atom. The van der Waals surface area contributed by atoms with Crippen LogP contribution >= 0.6 is 0 Å². The number of nitrogen functional groups attached to an aromatic ring is 1. The topological polar surface area (TPSA) is 29.3 Å². The molecular weight excluding hydrogens is 208 g/mol. The van der Waals surface area contributed by atoms with E-state index >= 15 is 0 Å². The summed E-state index contributed by atoms with van der Waals surface area (Å²) in [5.41, 5.74) is 9.92. The molecule has 0 spiro atoms. The highest BCUT2D eigenvalue weighted by Crippen LogP contribution is 2.36. The maximum absolute atomic E-state index is 5.96. The third-order valence-corrected chi connectivity index (χ3v) is 4.28. The summed E-state index contributed by atoms with van der Waals surface area (Å²) in [6, 6.07) is 7.15. The van der Waals surface area contributed by atoms with Gasteiger partial charge in [-0.2, -0.15) is 0 Å². The monoisotopic (exact) mass is 230 g/mol. The van der Waals surface area contributed by atoms with Gasteiger partial charge in [0.25, 0.3) is 0 Å². The Labute approximate surface area is 104 Å². The Kier molecular flexibility index (Phi) is 3.06. The summed E-state index contributed by atoms with van der Waals surface area (Å²) in [6.45, 7) is 2.55. The first kappa shape index (κ1) is 11.1. The fourth-order valence-corrected chi connectivity index (χ4v) is 3.40. The normalized spacial score (nSPS) is 25.5. The van der Waals surface area contributed by atoms with Crippen molar-refractivity contribution in [2.24, 2.45) is 0 Å². The van der Waals surface area contributed by atoms with Crippen LogP contribution in [0.5, 0.6) is 0 Å². The highest BCUT2D eigenvalue weighted by molar-refractivity contribution is 5.47. The van der Waals surface area contributed by atoms with Gasteiger partial charge in [0.1, 0.15) is 0 Å². The van der Waals surface area contributed by atoms with Gasteiger partial charge < -0.3 is 5.73 Å². The Morgan fingerprint density at radius 2 is 1.88 bits per heavy atom. The SMILES string of the molecule is Nc1ccc2c(c1)C(N1CCCCC1)CCC2. The molecule has 1 aliphatic carbocycles. The predicted molar refractivity (Wildman–Crippen MR) is 72.0 cm³/mol. The lowest BCUT2D eigenvalue weighted by Crippen LogP contribution is -2.35. The minimum atomic E-state index is 0.641. The average molecular weight is 230 g/mol. The average Bonchev–Trinajstić information content (AvgIpc) is 2.39. The molecule has 0 amide bonds. The van der Waals surface area contributed by atoms with Crippen molar-refractivity contribution in [1.29, 1.82) is 0 Å². The summed E-state index contributed by atoms with van der Waals surface area (Å²) in [7, 11) is 0. The van der Waals surface area contributed by atoms with Gasteiger partial charge in [0.05, 0.1) is 0 Å². The van der Waals surface area contributed by atoms with Crippen molar-refractivity contribution in [3.05, 3.63) is 29.3 Å². The molecule has 2 nitrogen and oxygen atoms in total. The molecule has 3 rings (SSSR count). The van der Waals surface area contributed by atoms with Crippen LogP contribution in [-0.2, 0) is 6.42 Å². The van der Waals surface area contributed by atoms with Crippen molar-refractivity contribution in [2.45, 2.75) is 44.6 Å². The van der Waals surface area contributed by atoms with Crippen LogP contribution in [0.4, 0.5) is 5.69 Å². The van der Waals surface area contributed by atoms with E-state index in [0.717, 1.165) is 5.69 Å². The first-order chi connectivity index (χ1) is 8.34. The summed E-state index contributed by atoms with van der Waals surface area (Å²) < 4.78 is 0. The number of benzene rings is 1. The number of aryl methyl sites for hydroxylation is 1. The Morgan fingerprint density at radius 1 is 1.06 bits per heavy atom. The van der Waals surface area contributed by atoms with Gasteiger partial charge in [-0.1, -0.05) is 12.5 Å². The van der Waals surface area contributed by atoms with E-state index in [1.807, 2.05) is 0 Å². The van der Waals surface area contributed by atoms with E-state index in [1.165, 1.54) is 62.7 Å². The Hall–Kier alpha value is -1.02. The van der Waals surface area contributed by atoms with Gasteiger partial charge in [-0.15, -0.1) is 0 Å². The van der Waals surface area contributed by atoms with Crippen molar-refractivity contribution < 1.29 is 0 Å². The molecule has 92 valence electrons. The van der Waals surface area contributed by atoms with E-state index in [1.54, 1.807) is 0 Å². The number of likely N-dealkylation sites (tertiary alicyclic amines) is 1. The molecule has 1 heterocycles. The molecule has 2 heteroatoms. The number of piperidine rings is 1. The van der Waals surface area contributed by atoms with E-state index in [2.05, 4.69) is 23.1 Å². The molecule has 1 saturated heterocycles. The lowest BCUT2D eigenvalue weighted by Gasteiger charge is -2.38. The summed E-state index contributed by atoms with van der Waals surface area (Å²) in [5, 5.41) is 0. The Bertz CT molecular complexity index is 394. The first-order valence-electron chi connectivity index (χ1n) is 6.97.